The second-order valence-electron chi connectivity index (χ2n) is 11.8. The van der Waals surface area contributed by atoms with Crippen molar-refractivity contribution in [3.63, 3.8) is 0 Å². The summed E-state index contributed by atoms with van der Waals surface area (Å²) in [5, 5.41) is 0. The van der Waals surface area contributed by atoms with Gasteiger partial charge in [0, 0.05) is 31.1 Å². The highest BCUT2D eigenvalue weighted by atomic mass is 16.7. The molecule has 2 heterocycles. The molecule has 0 amide bonds. The van der Waals surface area contributed by atoms with Crippen molar-refractivity contribution in [3.8, 4) is 0 Å². The minimum absolute atomic E-state index is 0.00804. The number of hydrogen-bond donors (Lipinski definition) is 0. The van der Waals surface area contributed by atoms with E-state index in [1.54, 1.807) is 0 Å². The Morgan fingerprint density at radius 3 is 2.23 bits per heavy atom. The fourth-order valence-corrected chi connectivity index (χ4v) is 9.36. The van der Waals surface area contributed by atoms with Crippen molar-refractivity contribution in [1.82, 2.24) is 0 Å². The molecule has 2 saturated heterocycles. The first-order valence-corrected chi connectivity index (χ1v) is 12.4. The Morgan fingerprint density at radius 1 is 0.800 bits per heavy atom. The maximum Gasteiger partial charge on any atom is 0.169 e. The molecule has 5 nitrogen and oxygen atoms in total. The summed E-state index contributed by atoms with van der Waals surface area (Å²) in [6.07, 6.45) is 8.41. The van der Waals surface area contributed by atoms with Crippen LogP contribution < -0.4 is 0 Å². The molecule has 1 spiro atoms. The van der Waals surface area contributed by atoms with Crippen molar-refractivity contribution in [2.45, 2.75) is 83.7 Å². The van der Waals surface area contributed by atoms with E-state index in [0.29, 0.717) is 49.1 Å². The number of hydrogen-bond acceptors (Lipinski definition) is 5. The topological polar surface area (TPSA) is 54.0 Å². The second kappa shape index (κ2) is 6.52. The molecule has 2 aliphatic heterocycles. The fourth-order valence-electron chi connectivity index (χ4n) is 9.36. The quantitative estimate of drug-likeness (QED) is 0.634. The summed E-state index contributed by atoms with van der Waals surface area (Å²) in [6, 6.07) is 0. The van der Waals surface area contributed by atoms with Crippen LogP contribution in [0.15, 0.2) is 0 Å². The first-order valence-electron chi connectivity index (χ1n) is 12.4. The van der Waals surface area contributed by atoms with Crippen LogP contribution >= 0.6 is 0 Å². The van der Waals surface area contributed by atoms with Gasteiger partial charge in [-0.1, -0.05) is 13.8 Å². The first kappa shape index (κ1) is 20.1. The Morgan fingerprint density at radius 2 is 1.50 bits per heavy atom. The maximum atomic E-state index is 13.9. The van der Waals surface area contributed by atoms with Crippen molar-refractivity contribution in [2.24, 2.45) is 40.4 Å². The summed E-state index contributed by atoms with van der Waals surface area (Å²) in [5.74, 6) is 1.86. The van der Waals surface area contributed by atoms with Gasteiger partial charge in [-0.3, -0.25) is 4.79 Å². The normalized spacial score (nSPS) is 51.6. The number of carbonyl (C=O) groups excluding carboxylic acids is 1. The van der Waals surface area contributed by atoms with Crippen LogP contribution in [0.4, 0.5) is 0 Å². The summed E-state index contributed by atoms with van der Waals surface area (Å²) in [7, 11) is 0. The Bertz CT molecular complexity index is 723. The first-order chi connectivity index (χ1) is 14.3. The van der Waals surface area contributed by atoms with Crippen molar-refractivity contribution in [3.05, 3.63) is 0 Å². The van der Waals surface area contributed by atoms with Gasteiger partial charge in [0.2, 0.25) is 0 Å². The van der Waals surface area contributed by atoms with Crippen molar-refractivity contribution in [1.29, 1.82) is 0 Å². The molecule has 0 aromatic rings. The molecule has 6 aliphatic rings. The SMILES string of the molecule is CC1([C@@H]2CC[C@H]3[C@@H]4CC[C@@H]5CC6(CC[C@]5(C)[C@@H]4C(=O)C[C@@]32C)OCCO6)OCCO1. The van der Waals surface area contributed by atoms with E-state index in [9.17, 15) is 4.79 Å². The molecular weight excluding hydrogens is 380 g/mol. The van der Waals surface area contributed by atoms with Gasteiger partial charge in [0.25, 0.3) is 0 Å². The zero-order valence-electron chi connectivity index (χ0n) is 18.9. The Kier molecular flexibility index (Phi) is 4.38. The Labute approximate surface area is 180 Å². The van der Waals surface area contributed by atoms with Gasteiger partial charge in [-0.25, -0.2) is 0 Å². The fraction of sp³-hybridized carbons (Fsp3) is 0.960. The van der Waals surface area contributed by atoms with Gasteiger partial charge in [0.05, 0.1) is 26.4 Å². The van der Waals surface area contributed by atoms with Crippen molar-refractivity contribution < 1.29 is 23.7 Å². The largest absolute Gasteiger partial charge is 0.348 e. The van der Waals surface area contributed by atoms with Gasteiger partial charge in [-0.15, -0.1) is 0 Å². The number of ether oxygens (including phenoxy) is 4. The predicted molar refractivity (Wildman–Crippen MR) is 111 cm³/mol. The highest BCUT2D eigenvalue weighted by molar-refractivity contribution is 5.84. The molecule has 6 rings (SSSR count). The second-order valence-corrected chi connectivity index (χ2v) is 11.8. The zero-order chi connectivity index (χ0) is 20.8. The van der Waals surface area contributed by atoms with Gasteiger partial charge in [-0.05, 0) is 67.6 Å². The number of ketones is 1. The lowest BCUT2D eigenvalue weighted by atomic mass is 9.44. The molecule has 168 valence electrons. The minimum atomic E-state index is -0.508. The van der Waals surface area contributed by atoms with Crippen LogP contribution in [-0.4, -0.2) is 43.8 Å². The molecule has 0 aromatic heterocycles. The van der Waals surface area contributed by atoms with Gasteiger partial charge < -0.3 is 18.9 Å². The third-order valence-electron chi connectivity index (χ3n) is 10.7. The van der Waals surface area contributed by atoms with Gasteiger partial charge >= 0.3 is 0 Å². The Balaban J connectivity index is 1.29. The van der Waals surface area contributed by atoms with Crippen LogP contribution in [0.25, 0.3) is 0 Å². The molecular formula is C25H38O5. The number of rotatable bonds is 1. The monoisotopic (exact) mass is 418 g/mol. The van der Waals surface area contributed by atoms with Crippen LogP contribution in [0, 0.1) is 40.4 Å². The summed E-state index contributed by atoms with van der Waals surface area (Å²) in [5.41, 5.74) is 0.109. The molecule has 6 fully saturated rings. The lowest BCUT2D eigenvalue weighted by Crippen LogP contribution is -2.60. The van der Waals surface area contributed by atoms with Crippen LogP contribution in [0.2, 0.25) is 0 Å². The van der Waals surface area contributed by atoms with Crippen LogP contribution in [0.1, 0.15) is 72.1 Å². The Hall–Kier alpha value is -0.490. The molecule has 0 aromatic carbocycles. The molecule has 0 N–H and O–H groups in total. The van der Waals surface area contributed by atoms with E-state index in [-0.39, 0.29) is 22.5 Å². The third-order valence-corrected chi connectivity index (χ3v) is 10.7. The number of Topliss-reactive ketones (excluding diaryl/α,β-unsaturated/α-hetero) is 1. The van der Waals surface area contributed by atoms with Crippen LogP contribution in [0.5, 0.6) is 0 Å². The minimum Gasteiger partial charge on any atom is -0.348 e. The van der Waals surface area contributed by atoms with Crippen LogP contribution in [-0.2, 0) is 23.7 Å². The molecule has 0 unspecified atom stereocenters. The predicted octanol–water partition coefficient (Wildman–Crippen LogP) is 4.33. The molecule has 5 heteroatoms. The highest BCUT2D eigenvalue weighted by Crippen LogP contribution is 2.68. The summed E-state index contributed by atoms with van der Waals surface area (Å²) in [4.78, 5) is 13.9. The van der Waals surface area contributed by atoms with E-state index in [2.05, 4.69) is 20.8 Å². The van der Waals surface area contributed by atoms with Gasteiger partial charge in [0.15, 0.2) is 11.6 Å². The van der Waals surface area contributed by atoms with E-state index in [1.165, 1.54) is 19.3 Å². The summed E-state index contributed by atoms with van der Waals surface area (Å²) < 4.78 is 24.4. The standard InChI is InChI=1S/C25H38O5/c1-22-8-9-25(29-12-13-30-25)14-16(22)4-5-17-18-6-7-20(24(3)27-10-11-28-24)23(18,2)15-19(26)21(17)22/h16-18,20-21H,4-15H2,1-3H3/t16-,17+,18+,20-,21+,22+,23+/m1/s1. The average Bonchev–Trinajstić information content (AvgIpc) is 3.41. The molecule has 7 atom stereocenters. The molecule has 4 saturated carbocycles. The van der Waals surface area contributed by atoms with Crippen molar-refractivity contribution in [2.75, 3.05) is 26.4 Å². The maximum absolute atomic E-state index is 13.9. The van der Waals surface area contributed by atoms with Crippen molar-refractivity contribution >= 4 is 5.78 Å². The highest BCUT2D eigenvalue weighted by Gasteiger charge is 2.67. The molecule has 30 heavy (non-hydrogen) atoms. The average molecular weight is 419 g/mol. The third kappa shape index (κ3) is 2.58. The number of fused-ring (bicyclic) bond motifs is 5. The smallest absolute Gasteiger partial charge is 0.169 e. The van der Waals surface area contributed by atoms with E-state index >= 15 is 0 Å². The number of carbonyl (C=O) groups is 1. The molecule has 0 bridgehead atoms. The van der Waals surface area contributed by atoms with Gasteiger partial charge in [-0.2, -0.15) is 0 Å². The van der Waals surface area contributed by atoms with E-state index in [4.69, 9.17) is 18.9 Å². The molecule has 0 radical (unpaired) electrons. The summed E-state index contributed by atoms with van der Waals surface area (Å²) >= 11 is 0. The lowest BCUT2D eigenvalue weighted by molar-refractivity contribution is -0.234. The van der Waals surface area contributed by atoms with E-state index < -0.39 is 5.79 Å². The zero-order valence-corrected chi connectivity index (χ0v) is 18.9. The van der Waals surface area contributed by atoms with E-state index in [1.807, 2.05) is 0 Å². The van der Waals surface area contributed by atoms with Gasteiger partial charge in [0.1, 0.15) is 5.78 Å². The lowest BCUT2D eigenvalue weighted by Gasteiger charge is -2.61. The van der Waals surface area contributed by atoms with E-state index in [0.717, 1.165) is 38.9 Å². The summed E-state index contributed by atoms with van der Waals surface area (Å²) in [6.45, 7) is 9.73. The van der Waals surface area contributed by atoms with Crippen LogP contribution in [0.3, 0.4) is 0 Å². The molecule has 4 aliphatic carbocycles.